The molecular weight excluding hydrogens is 384 g/mol. The number of carbonyl (C=O) groups is 1. The Hall–Kier alpha value is -3.42. The van der Waals surface area contributed by atoms with E-state index in [9.17, 15) is 10.1 Å². The maximum Gasteiger partial charge on any atom is 0.269 e. The molecule has 4 aromatic heterocycles. The van der Waals surface area contributed by atoms with Crippen LogP contribution in [0.3, 0.4) is 0 Å². The van der Waals surface area contributed by atoms with Crippen molar-refractivity contribution in [3.8, 4) is 17.2 Å². The van der Waals surface area contributed by atoms with Crippen LogP contribution in [0, 0.1) is 18.3 Å². The smallest absolute Gasteiger partial charge is 0.269 e. The van der Waals surface area contributed by atoms with Crippen LogP contribution >= 0.6 is 22.7 Å². The third-order valence-electron chi connectivity index (χ3n) is 3.90. The molecule has 0 aromatic carbocycles. The van der Waals surface area contributed by atoms with Crippen LogP contribution in [-0.4, -0.2) is 16.0 Å². The first-order chi connectivity index (χ1) is 13.0. The summed E-state index contributed by atoms with van der Waals surface area (Å²) in [7, 11) is 0. The van der Waals surface area contributed by atoms with Crippen LogP contribution in [0.2, 0.25) is 0 Å². The molecule has 0 bridgehead atoms. The second-order valence-electron chi connectivity index (χ2n) is 5.67. The van der Waals surface area contributed by atoms with E-state index >= 15 is 0 Å². The quantitative estimate of drug-likeness (QED) is 0.480. The Bertz CT molecular complexity index is 1220. The predicted molar refractivity (Wildman–Crippen MR) is 106 cm³/mol. The van der Waals surface area contributed by atoms with E-state index in [0.29, 0.717) is 21.5 Å². The second kappa shape index (κ2) is 6.39. The lowest BCUT2D eigenvalue weighted by molar-refractivity contribution is 0.103. The Labute approximate surface area is 161 Å². The monoisotopic (exact) mass is 396 g/mol. The van der Waals surface area contributed by atoms with Gasteiger partial charge in [0.2, 0.25) is 0 Å². The molecule has 0 spiro atoms. The van der Waals surface area contributed by atoms with Crippen LogP contribution in [0.4, 0.5) is 17.3 Å². The Morgan fingerprint density at radius 2 is 2.22 bits per heavy atom. The summed E-state index contributed by atoms with van der Waals surface area (Å²) in [6.07, 6.45) is 0. The summed E-state index contributed by atoms with van der Waals surface area (Å²) >= 11 is 2.60. The number of hydrogen-bond donors (Lipinski definition) is 3. The molecule has 27 heavy (non-hydrogen) atoms. The SMILES string of the molecule is Cc1cc(NC(=O)c2sc3nc(N)c(C#N)c(-c4ccsc4)c3c2N)no1. The van der Waals surface area contributed by atoms with Crippen LogP contribution in [0.1, 0.15) is 21.0 Å². The van der Waals surface area contributed by atoms with E-state index < -0.39 is 5.91 Å². The van der Waals surface area contributed by atoms with Gasteiger partial charge in [0.1, 0.15) is 32.9 Å². The molecular formula is C17H12N6O2S2. The number of fused-ring (bicyclic) bond motifs is 1. The Balaban J connectivity index is 1.90. The molecule has 0 unspecified atom stereocenters. The van der Waals surface area contributed by atoms with Gasteiger partial charge in [-0.05, 0) is 29.3 Å². The number of nitriles is 1. The molecule has 0 saturated heterocycles. The van der Waals surface area contributed by atoms with Crippen molar-refractivity contribution in [1.82, 2.24) is 10.1 Å². The van der Waals surface area contributed by atoms with Gasteiger partial charge in [-0.2, -0.15) is 16.6 Å². The van der Waals surface area contributed by atoms with E-state index in [2.05, 4.69) is 21.5 Å². The maximum absolute atomic E-state index is 12.7. The highest BCUT2D eigenvalue weighted by molar-refractivity contribution is 7.21. The molecule has 0 saturated carbocycles. The zero-order valence-corrected chi connectivity index (χ0v) is 15.6. The normalized spacial score (nSPS) is 10.8. The summed E-state index contributed by atoms with van der Waals surface area (Å²) in [6, 6.07) is 5.57. The van der Waals surface area contributed by atoms with Gasteiger partial charge in [-0.15, -0.1) is 11.3 Å². The summed E-state index contributed by atoms with van der Waals surface area (Å²) in [6.45, 7) is 1.72. The number of nitrogens with one attached hydrogen (secondary N) is 1. The van der Waals surface area contributed by atoms with Gasteiger partial charge >= 0.3 is 0 Å². The lowest BCUT2D eigenvalue weighted by atomic mass is 9.99. The number of aryl methyl sites for hydroxylation is 1. The maximum atomic E-state index is 12.7. The van der Waals surface area contributed by atoms with Crippen molar-refractivity contribution in [2.45, 2.75) is 6.92 Å². The lowest BCUT2D eigenvalue weighted by Gasteiger charge is -2.07. The van der Waals surface area contributed by atoms with Crippen molar-refractivity contribution in [2.24, 2.45) is 0 Å². The summed E-state index contributed by atoms with van der Waals surface area (Å²) in [5.41, 5.74) is 14.2. The summed E-state index contributed by atoms with van der Waals surface area (Å²) < 4.78 is 4.95. The minimum Gasteiger partial charge on any atom is -0.397 e. The van der Waals surface area contributed by atoms with E-state index in [4.69, 9.17) is 16.0 Å². The molecule has 134 valence electrons. The first-order valence-corrected chi connectivity index (χ1v) is 9.44. The summed E-state index contributed by atoms with van der Waals surface area (Å²) in [4.78, 5) is 17.7. The van der Waals surface area contributed by atoms with E-state index in [1.165, 1.54) is 11.3 Å². The van der Waals surface area contributed by atoms with E-state index in [-0.39, 0.29) is 27.8 Å². The number of aromatic nitrogens is 2. The first-order valence-electron chi connectivity index (χ1n) is 7.68. The minimum atomic E-state index is -0.433. The van der Waals surface area contributed by atoms with Crippen LogP contribution in [0.25, 0.3) is 21.3 Å². The summed E-state index contributed by atoms with van der Waals surface area (Å²) in [5, 5.41) is 20.3. The van der Waals surface area contributed by atoms with Gasteiger partial charge in [-0.1, -0.05) is 5.16 Å². The standard InChI is InChI=1S/C17H12N6O2S2/c1-7-4-10(23-25-7)21-16(24)14-13(19)12-11(8-2-3-26-6-8)9(5-18)15(20)22-17(12)27-14/h2-4,6H,19H2,1H3,(H2,20,22)(H,21,23,24). The molecule has 4 aromatic rings. The lowest BCUT2D eigenvalue weighted by Crippen LogP contribution is -2.12. The van der Waals surface area contributed by atoms with Gasteiger partial charge in [0.05, 0.1) is 5.69 Å². The fourth-order valence-corrected chi connectivity index (χ4v) is 4.40. The van der Waals surface area contributed by atoms with Crippen LogP contribution in [0.15, 0.2) is 27.4 Å². The Kier molecular flexibility index (Phi) is 4.02. The molecule has 0 radical (unpaired) electrons. The molecule has 0 fully saturated rings. The van der Waals surface area contributed by atoms with Gasteiger partial charge in [0, 0.05) is 17.0 Å². The number of nitrogens with two attached hydrogens (primary N) is 2. The molecule has 8 nitrogen and oxygen atoms in total. The summed E-state index contributed by atoms with van der Waals surface area (Å²) in [5.74, 6) is 0.531. The fourth-order valence-electron chi connectivity index (χ4n) is 2.75. The van der Waals surface area contributed by atoms with Crippen LogP contribution < -0.4 is 16.8 Å². The van der Waals surface area contributed by atoms with Crippen molar-refractivity contribution in [2.75, 3.05) is 16.8 Å². The largest absolute Gasteiger partial charge is 0.397 e. The molecule has 0 aliphatic rings. The van der Waals surface area contributed by atoms with E-state index in [0.717, 1.165) is 16.9 Å². The fraction of sp³-hybridized carbons (Fsp3) is 0.0588. The molecule has 0 aliphatic carbocycles. The Morgan fingerprint density at radius 3 is 2.85 bits per heavy atom. The van der Waals surface area contributed by atoms with Gasteiger partial charge in [-0.3, -0.25) is 4.79 Å². The zero-order valence-electron chi connectivity index (χ0n) is 13.9. The molecule has 4 heterocycles. The van der Waals surface area contributed by atoms with Crippen molar-refractivity contribution in [3.63, 3.8) is 0 Å². The second-order valence-corrected chi connectivity index (χ2v) is 7.45. The number of anilines is 3. The van der Waals surface area contributed by atoms with Gasteiger partial charge in [0.15, 0.2) is 5.82 Å². The van der Waals surface area contributed by atoms with E-state index in [1.807, 2.05) is 16.8 Å². The third-order valence-corrected chi connectivity index (χ3v) is 5.68. The molecule has 0 atom stereocenters. The predicted octanol–water partition coefficient (Wildman–Crippen LogP) is 3.61. The van der Waals surface area contributed by atoms with Gasteiger partial charge < -0.3 is 21.3 Å². The molecule has 1 amide bonds. The van der Waals surface area contributed by atoms with Crippen molar-refractivity contribution < 1.29 is 9.32 Å². The number of rotatable bonds is 3. The number of nitrogen functional groups attached to an aromatic ring is 2. The highest BCUT2D eigenvalue weighted by atomic mass is 32.1. The minimum absolute atomic E-state index is 0.103. The number of hydrogen-bond acceptors (Lipinski definition) is 9. The van der Waals surface area contributed by atoms with Crippen LogP contribution in [-0.2, 0) is 0 Å². The number of pyridine rings is 1. The highest BCUT2D eigenvalue weighted by Crippen LogP contribution is 2.43. The van der Waals surface area contributed by atoms with Crippen molar-refractivity contribution in [3.05, 3.63) is 39.1 Å². The van der Waals surface area contributed by atoms with Gasteiger partial charge in [0.25, 0.3) is 5.91 Å². The van der Waals surface area contributed by atoms with Crippen LogP contribution in [0.5, 0.6) is 0 Å². The Morgan fingerprint density at radius 1 is 1.41 bits per heavy atom. The van der Waals surface area contributed by atoms with E-state index in [1.54, 1.807) is 13.0 Å². The molecule has 5 N–H and O–H groups in total. The number of thiophene rings is 2. The average Bonchev–Trinajstić information content (AvgIpc) is 3.35. The zero-order chi connectivity index (χ0) is 19.1. The number of carbonyl (C=O) groups excluding carboxylic acids is 1. The average molecular weight is 396 g/mol. The first kappa shape index (κ1) is 17.0. The molecule has 4 rings (SSSR count). The topological polar surface area (TPSA) is 144 Å². The third kappa shape index (κ3) is 2.79. The molecule has 0 aliphatic heterocycles. The van der Waals surface area contributed by atoms with Crippen molar-refractivity contribution in [1.29, 1.82) is 5.26 Å². The molecule has 10 heteroatoms. The van der Waals surface area contributed by atoms with Crippen molar-refractivity contribution >= 4 is 56.1 Å². The highest BCUT2D eigenvalue weighted by Gasteiger charge is 2.24. The number of amides is 1. The number of nitrogens with zero attached hydrogens (tertiary/aromatic N) is 3. The van der Waals surface area contributed by atoms with Gasteiger partial charge in [-0.25, -0.2) is 4.98 Å².